The van der Waals surface area contributed by atoms with Crippen LogP contribution < -0.4 is 0 Å². The largest absolute Gasteiger partial charge is 0.301 e. The molecule has 2 atom stereocenters. The molecule has 174 valence electrons. The van der Waals surface area contributed by atoms with E-state index < -0.39 is 0 Å². The zero-order valence-electron chi connectivity index (χ0n) is 20.9. The van der Waals surface area contributed by atoms with Crippen molar-refractivity contribution in [3.63, 3.8) is 0 Å². The summed E-state index contributed by atoms with van der Waals surface area (Å²) in [7, 11) is 0. The van der Waals surface area contributed by atoms with Crippen LogP contribution in [0.4, 0.5) is 0 Å². The van der Waals surface area contributed by atoms with Crippen molar-refractivity contribution in [2.24, 2.45) is 11.8 Å². The van der Waals surface area contributed by atoms with Gasteiger partial charge in [-0.2, -0.15) is 0 Å². The first kappa shape index (κ1) is 27.0. The van der Waals surface area contributed by atoms with Crippen molar-refractivity contribution in [3.8, 4) is 0 Å². The summed E-state index contributed by atoms with van der Waals surface area (Å²) < 4.78 is 0. The summed E-state index contributed by atoms with van der Waals surface area (Å²) in [4.78, 5) is 5.49. The van der Waals surface area contributed by atoms with Gasteiger partial charge in [0.15, 0.2) is 0 Å². The van der Waals surface area contributed by atoms with Crippen molar-refractivity contribution in [1.29, 1.82) is 0 Å². The Morgan fingerprint density at radius 3 is 1.62 bits per heavy atom. The molecular weight excluding hydrogens is 352 g/mol. The molecule has 1 fully saturated rings. The fourth-order valence-corrected chi connectivity index (χ4v) is 5.03. The molecule has 2 nitrogen and oxygen atoms in total. The fourth-order valence-electron chi connectivity index (χ4n) is 5.03. The molecule has 0 spiro atoms. The van der Waals surface area contributed by atoms with Gasteiger partial charge in [-0.25, -0.2) is 0 Å². The van der Waals surface area contributed by atoms with Gasteiger partial charge < -0.3 is 9.80 Å². The lowest BCUT2D eigenvalue weighted by Crippen LogP contribution is -2.47. The molecule has 0 aromatic carbocycles. The molecule has 0 aromatic heterocycles. The van der Waals surface area contributed by atoms with Gasteiger partial charge >= 0.3 is 0 Å². The van der Waals surface area contributed by atoms with E-state index in [0.717, 1.165) is 11.8 Å². The quantitative estimate of drug-likeness (QED) is 0.201. The number of hydrogen-bond donors (Lipinski definition) is 0. The third-order valence-corrected chi connectivity index (χ3v) is 7.29. The molecule has 0 bridgehead atoms. The summed E-state index contributed by atoms with van der Waals surface area (Å²) in [5, 5.41) is 0. The highest BCUT2D eigenvalue weighted by Crippen LogP contribution is 2.23. The zero-order chi connectivity index (χ0) is 21.2. The van der Waals surface area contributed by atoms with Crippen LogP contribution in [0.25, 0.3) is 0 Å². The summed E-state index contributed by atoms with van der Waals surface area (Å²) in [5.41, 5.74) is 0. The van der Waals surface area contributed by atoms with Crippen LogP contribution in [0.5, 0.6) is 0 Å². The van der Waals surface area contributed by atoms with E-state index in [2.05, 4.69) is 37.5 Å². The summed E-state index contributed by atoms with van der Waals surface area (Å²) in [6, 6.07) is 0. The lowest BCUT2D eigenvalue weighted by atomic mass is 9.90. The Bertz CT molecular complexity index is 335. The summed E-state index contributed by atoms with van der Waals surface area (Å²) in [6.45, 7) is 17.3. The molecule has 2 heteroatoms. The third kappa shape index (κ3) is 13.8. The summed E-state index contributed by atoms with van der Waals surface area (Å²) in [5.74, 6) is 1.94. The van der Waals surface area contributed by atoms with Crippen LogP contribution in [0.1, 0.15) is 124 Å². The standard InChI is InChI=1S/C27H56N2/c1-5-9-12-13-18-27(17-11-7-3)19-14-15-20-28-21-23-29(24-22-28)25-26(8-4)16-10-6-2/h26-27H,5-25H2,1-4H3. The number of piperazine rings is 1. The van der Waals surface area contributed by atoms with Gasteiger partial charge in [0, 0.05) is 32.7 Å². The van der Waals surface area contributed by atoms with Crippen LogP contribution in [-0.2, 0) is 0 Å². The van der Waals surface area contributed by atoms with E-state index in [4.69, 9.17) is 0 Å². The van der Waals surface area contributed by atoms with Crippen LogP contribution in [-0.4, -0.2) is 49.1 Å². The second-order valence-corrected chi connectivity index (χ2v) is 9.91. The van der Waals surface area contributed by atoms with E-state index in [0.29, 0.717) is 0 Å². The molecule has 0 aliphatic carbocycles. The van der Waals surface area contributed by atoms with Crippen molar-refractivity contribution >= 4 is 0 Å². The Balaban J connectivity index is 2.14. The highest BCUT2D eigenvalue weighted by molar-refractivity contribution is 4.74. The monoisotopic (exact) mass is 408 g/mol. The Hall–Kier alpha value is -0.0800. The fraction of sp³-hybridized carbons (Fsp3) is 1.00. The van der Waals surface area contributed by atoms with Crippen molar-refractivity contribution in [1.82, 2.24) is 9.80 Å². The van der Waals surface area contributed by atoms with Crippen molar-refractivity contribution in [2.45, 2.75) is 124 Å². The lowest BCUT2D eigenvalue weighted by Gasteiger charge is -2.36. The van der Waals surface area contributed by atoms with Crippen molar-refractivity contribution in [3.05, 3.63) is 0 Å². The number of hydrogen-bond acceptors (Lipinski definition) is 2. The normalized spacial score (nSPS) is 18.2. The summed E-state index contributed by atoms with van der Waals surface area (Å²) >= 11 is 0. The van der Waals surface area contributed by atoms with Gasteiger partial charge in [0.1, 0.15) is 0 Å². The molecule has 1 rings (SSSR count). The Kier molecular flexibility index (Phi) is 17.4. The molecule has 1 heterocycles. The minimum absolute atomic E-state index is 0.930. The van der Waals surface area contributed by atoms with E-state index in [1.54, 1.807) is 0 Å². The summed E-state index contributed by atoms with van der Waals surface area (Å²) in [6.07, 6.45) is 21.4. The second kappa shape index (κ2) is 18.7. The first-order chi connectivity index (χ1) is 14.2. The van der Waals surface area contributed by atoms with Crippen LogP contribution in [0, 0.1) is 11.8 Å². The van der Waals surface area contributed by atoms with E-state index in [-0.39, 0.29) is 0 Å². The lowest BCUT2D eigenvalue weighted by molar-refractivity contribution is 0.113. The van der Waals surface area contributed by atoms with Gasteiger partial charge in [-0.1, -0.05) is 111 Å². The average Bonchev–Trinajstić information content (AvgIpc) is 2.75. The maximum absolute atomic E-state index is 2.75. The first-order valence-corrected chi connectivity index (χ1v) is 13.7. The maximum Gasteiger partial charge on any atom is 0.0110 e. The van der Waals surface area contributed by atoms with E-state index in [9.17, 15) is 0 Å². The van der Waals surface area contributed by atoms with Gasteiger partial charge in [-0.05, 0) is 31.2 Å². The molecule has 0 N–H and O–H groups in total. The van der Waals surface area contributed by atoms with Crippen LogP contribution in [0.15, 0.2) is 0 Å². The molecule has 0 saturated carbocycles. The molecule has 1 aliphatic rings. The van der Waals surface area contributed by atoms with Gasteiger partial charge in [0.2, 0.25) is 0 Å². The Morgan fingerprint density at radius 1 is 0.517 bits per heavy atom. The SMILES string of the molecule is CCCCCCC(CCCC)CCCCN1CCN(CC(CC)CCCC)CC1. The van der Waals surface area contributed by atoms with E-state index >= 15 is 0 Å². The molecular formula is C27H56N2. The number of unbranched alkanes of at least 4 members (excludes halogenated alkanes) is 6. The molecule has 1 saturated heterocycles. The van der Waals surface area contributed by atoms with Crippen LogP contribution in [0.3, 0.4) is 0 Å². The Labute approximate surface area is 185 Å². The topological polar surface area (TPSA) is 6.48 Å². The van der Waals surface area contributed by atoms with Gasteiger partial charge in [0.05, 0.1) is 0 Å². The van der Waals surface area contributed by atoms with Crippen molar-refractivity contribution < 1.29 is 0 Å². The highest BCUT2D eigenvalue weighted by atomic mass is 15.3. The number of nitrogens with zero attached hydrogens (tertiary/aromatic N) is 2. The average molecular weight is 409 g/mol. The highest BCUT2D eigenvalue weighted by Gasteiger charge is 2.19. The van der Waals surface area contributed by atoms with Crippen molar-refractivity contribution in [2.75, 3.05) is 39.3 Å². The predicted molar refractivity (Wildman–Crippen MR) is 132 cm³/mol. The van der Waals surface area contributed by atoms with Gasteiger partial charge in [-0.15, -0.1) is 0 Å². The van der Waals surface area contributed by atoms with Crippen LogP contribution >= 0.6 is 0 Å². The zero-order valence-corrected chi connectivity index (χ0v) is 20.9. The Morgan fingerprint density at radius 2 is 1.03 bits per heavy atom. The first-order valence-electron chi connectivity index (χ1n) is 13.7. The molecule has 2 unspecified atom stereocenters. The smallest absolute Gasteiger partial charge is 0.0110 e. The van der Waals surface area contributed by atoms with Gasteiger partial charge in [0.25, 0.3) is 0 Å². The second-order valence-electron chi connectivity index (χ2n) is 9.91. The third-order valence-electron chi connectivity index (χ3n) is 7.29. The minimum atomic E-state index is 0.930. The molecule has 1 aliphatic heterocycles. The molecule has 0 radical (unpaired) electrons. The number of rotatable bonds is 19. The predicted octanol–water partition coefficient (Wildman–Crippen LogP) is 7.77. The molecule has 0 aromatic rings. The minimum Gasteiger partial charge on any atom is -0.301 e. The van der Waals surface area contributed by atoms with Crippen LogP contribution in [0.2, 0.25) is 0 Å². The molecule has 0 amide bonds. The maximum atomic E-state index is 2.75. The van der Waals surface area contributed by atoms with E-state index in [1.165, 1.54) is 136 Å². The van der Waals surface area contributed by atoms with E-state index in [1.807, 2.05) is 0 Å². The molecule has 29 heavy (non-hydrogen) atoms. The van der Waals surface area contributed by atoms with Gasteiger partial charge in [-0.3, -0.25) is 0 Å².